The van der Waals surface area contributed by atoms with Gasteiger partial charge in [0.2, 0.25) is 0 Å². The predicted octanol–water partition coefficient (Wildman–Crippen LogP) is 17.4. The van der Waals surface area contributed by atoms with Crippen molar-refractivity contribution in [1.82, 2.24) is 0 Å². The van der Waals surface area contributed by atoms with Crippen molar-refractivity contribution in [3.8, 4) is 44.5 Å². The normalized spacial score (nSPS) is 13.9. The van der Waals surface area contributed by atoms with Crippen molar-refractivity contribution in [3.63, 3.8) is 0 Å². The fourth-order valence-corrected chi connectivity index (χ4v) is 13.0. The van der Waals surface area contributed by atoms with E-state index in [-0.39, 0.29) is 0 Å². The van der Waals surface area contributed by atoms with Gasteiger partial charge in [-0.2, -0.15) is 0 Å². The van der Waals surface area contributed by atoms with Crippen LogP contribution in [0.2, 0.25) is 0 Å². The van der Waals surface area contributed by atoms with Crippen molar-refractivity contribution >= 4 is 39.0 Å². The zero-order valence-electron chi connectivity index (χ0n) is 38.2. The molecule has 0 unspecified atom stereocenters. The van der Waals surface area contributed by atoms with E-state index in [1.54, 1.807) is 0 Å². The quantitative estimate of drug-likeness (QED) is 0.165. The number of para-hydroxylation sites is 1. The molecule has 0 fully saturated rings. The van der Waals surface area contributed by atoms with Gasteiger partial charge in [0.15, 0.2) is 0 Å². The molecule has 0 saturated heterocycles. The van der Waals surface area contributed by atoms with Crippen LogP contribution >= 0.6 is 0 Å². The molecule has 0 saturated carbocycles. The maximum Gasteiger partial charge on any atom is 0.135 e. The summed E-state index contributed by atoms with van der Waals surface area (Å²) in [6.45, 7) is 0. The summed E-state index contributed by atoms with van der Waals surface area (Å²) in [6, 6.07) is 96.9. The first kappa shape index (κ1) is 39.1. The number of nitrogens with zero attached hydrogens (tertiary/aromatic N) is 1. The van der Waals surface area contributed by atoms with Gasteiger partial charge in [0.25, 0.3) is 0 Å². The van der Waals surface area contributed by atoms with E-state index in [2.05, 4.69) is 254 Å². The first-order chi connectivity index (χ1) is 34.7. The van der Waals surface area contributed by atoms with Gasteiger partial charge in [0.1, 0.15) is 11.2 Å². The highest BCUT2D eigenvalue weighted by Gasteiger charge is 2.52. The van der Waals surface area contributed by atoms with Crippen LogP contribution in [0.25, 0.3) is 66.4 Å². The van der Waals surface area contributed by atoms with Crippen LogP contribution in [-0.4, -0.2) is 0 Å². The van der Waals surface area contributed by atoms with Gasteiger partial charge in [0, 0.05) is 27.7 Å². The van der Waals surface area contributed by atoms with Gasteiger partial charge in [-0.05, 0) is 132 Å². The summed E-state index contributed by atoms with van der Waals surface area (Å²) in [4.78, 5) is 2.53. The summed E-state index contributed by atoms with van der Waals surface area (Å²) < 4.78 is 6.24. The third-order valence-electron chi connectivity index (χ3n) is 15.8. The molecule has 1 aromatic heterocycles. The Morgan fingerprint density at radius 2 is 0.771 bits per heavy atom. The first-order valence-electron chi connectivity index (χ1n) is 24.3. The third-order valence-corrected chi connectivity index (χ3v) is 15.8. The second-order valence-electron chi connectivity index (χ2n) is 19.0. The summed E-state index contributed by atoms with van der Waals surface area (Å²) in [5.41, 5.74) is 24.4. The van der Waals surface area contributed by atoms with Crippen LogP contribution in [0.15, 0.2) is 265 Å². The molecule has 0 radical (unpaired) electrons. The average molecular weight is 890 g/mol. The molecule has 1 spiro atoms. The molecule has 15 rings (SSSR count). The molecule has 326 valence electrons. The van der Waals surface area contributed by atoms with Gasteiger partial charge in [-0.25, -0.2) is 0 Å². The smallest absolute Gasteiger partial charge is 0.135 e. The van der Waals surface area contributed by atoms with E-state index in [0.29, 0.717) is 0 Å². The average Bonchev–Trinajstić information content (AvgIpc) is 4.15. The van der Waals surface area contributed by atoms with E-state index in [9.17, 15) is 0 Å². The Morgan fingerprint density at radius 1 is 0.286 bits per heavy atom. The summed E-state index contributed by atoms with van der Waals surface area (Å²) in [5, 5.41) is 2.26. The molecule has 2 nitrogen and oxygen atoms in total. The van der Waals surface area contributed by atoms with Crippen LogP contribution in [0.1, 0.15) is 44.5 Å². The third kappa shape index (κ3) is 5.17. The van der Waals surface area contributed by atoms with Gasteiger partial charge in [-0.1, -0.05) is 212 Å². The Kier molecular flexibility index (Phi) is 8.24. The Hall–Kier alpha value is -8.98. The Bertz CT molecular complexity index is 3980. The van der Waals surface area contributed by atoms with E-state index in [1.807, 2.05) is 12.1 Å². The lowest BCUT2D eigenvalue weighted by Crippen LogP contribution is -2.28. The number of anilines is 3. The second-order valence-corrected chi connectivity index (χ2v) is 19.0. The van der Waals surface area contributed by atoms with Crippen molar-refractivity contribution in [2.75, 3.05) is 4.90 Å². The van der Waals surface area contributed by atoms with Gasteiger partial charge in [0.05, 0.1) is 16.5 Å². The molecule has 0 aliphatic heterocycles. The molecule has 3 aliphatic rings. The highest BCUT2D eigenvalue weighted by Crippen LogP contribution is 2.65. The van der Waals surface area contributed by atoms with Crippen LogP contribution in [-0.2, 0) is 10.8 Å². The molecule has 12 aromatic rings. The fraction of sp³-hybridized carbons (Fsp3) is 0.0294. The Morgan fingerprint density at radius 3 is 1.43 bits per heavy atom. The fourth-order valence-electron chi connectivity index (χ4n) is 13.0. The van der Waals surface area contributed by atoms with Gasteiger partial charge < -0.3 is 9.32 Å². The summed E-state index contributed by atoms with van der Waals surface area (Å²) in [6.07, 6.45) is 0. The number of benzene rings is 11. The number of rotatable bonds is 6. The van der Waals surface area contributed by atoms with Crippen molar-refractivity contribution in [1.29, 1.82) is 0 Å². The highest BCUT2D eigenvalue weighted by molar-refractivity contribution is 6.07. The monoisotopic (exact) mass is 889 g/mol. The van der Waals surface area contributed by atoms with Crippen LogP contribution in [0.4, 0.5) is 17.1 Å². The van der Waals surface area contributed by atoms with E-state index in [1.165, 1.54) is 77.9 Å². The lowest BCUT2D eigenvalue weighted by atomic mass is 9.67. The maximum absolute atomic E-state index is 6.24. The van der Waals surface area contributed by atoms with E-state index in [0.717, 1.165) is 50.1 Å². The largest absolute Gasteiger partial charge is 0.456 e. The minimum absolute atomic E-state index is 0.476. The molecule has 0 N–H and O–H groups in total. The molecule has 2 heteroatoms. The summed E-state index contributed by atoms with van der Waals surface area (Å²) >= 11 is 0. The Labute approximate surface area is 407 Å². The summed E-state index contributed by atoms with van der Waals surface area (Å²) in [7, 11) is 0. The van der Waals surface area contributed by atoms with Crippen molar-refractivity contribution in [2.24, 2.45) is 0 Å². The lowest BCUT2D eigenvalue weighted by Gasteiger charge is -2.35. The van der Waals surface area contributed by atoms with Crippen LogP contribution in [0.5, 0.6) is 0 Å². The van der Waals surface area contributed by atoms with Gasteiger partial charge >= 0.3 is 0 Å². The maximum atomic E-state index is 6.24. The minimum atomic E-state index is -0.553. The number of hydrogen-bond acceptors (Lipinski definition) is 2. The molecule has 70 heavy (non-hydrogen) atoms. The molecule has 0 atom stereocenters. The topological polar surface area (TPSA) is 16.4 Å². The minimum Gasteiger partial charge on any atom is -0.456 e. The zero-order valence-corrected chi connectivity index (χ0v) is 38.2. The predicted molar refractivity (Wildman–Crippen MR) is 287 cm³/mol. The van der Waals surface area contributed by atoms with Gasteiger partial charge in [-0.15, -0.1) is 0 Å². The number of fused-ring (bicyclic) bond motifs is 16. The highest BCUT2D eigenvalue weighted by atomic mass is 16.3. The zero-order chi connectivity index (χ0) is 46.0. The molecule has 1 heterocycles. The lowest BCUT2D eigenvalue weighted by molar-refractivity contribution is 0.669. The van der Waals surface area contributed by atoms with Crippen LogP contribution in [0, 0.1) is 0 Å². The number of furan rings is 1. The van der Waals surface area contributed by atoms with Crippen molar-refractivity contribution in [2.45, 2.75) is 10.8 Å². The molecule has 3 aliphatic carbocycles. The molecule has 0 amide bonds. The first-order valence-corrected chi connectivity index (χ1v) is 24.3. The molecular formula is C68H43NO. The second kappa shape index (κ2) is 14.8. The molecule has 0 bridgehead atoms. The van der Waals surface area contributed by atoms with Crippen molar-refractivity contribution in [3.05, 3.63) is 305 Å². The van der Waals surface area contributed by atoms with Crippen LogP contribution in [0.3, 0.4) is 0 Å². The number of hydrogen-bond donors (Lipinski definition) is 0. The standard InChI is InChI=1S/C68H43NO/c1-3-18-46(19-4-1)67(47-20-5-2-6-21-47)57-27-12-7-24-52(57)53-40-39-49(43-62(53)67)69(48-37-34-44(35-38-48)45-36-41-65-56(42-45)54-25-11-16-33-64(54)70-65)63-32-17-31-61-66(63)55-26-10-15-30-60(55)68(61)58-28-13-8-22-50(58)51-23-9-14-29-59(51)68/h1-43H. The van der Waals surface area contributed by atoms with E-state index < -0.39 is 10.8 Å². The molecule has 11 aromatic carbocycles. The van der Waals surface area contributed by atoms with E-state index in [4.69, 9.17) is 4.42 Å². The van der Waals surface area contributed by atoms with Gasteiger partial charge in [-0.3, -0.25) is 0 Å². The van der Waals surface area contributed by atoms with Crippen molar-refractivity contribution < 1.29 is 4.42 Å². The molecular weight excluding hydrogens is 847 g/mol. The van der Waals surface area contributed by atoms with Crippen LogP contribution < -0.4 is 4.90 Å². The van der Waals surface area contributed by atoms with E-state index >= 15 is 0 Å². The Balaban J connectivity index is 0.992. The SMILES string of the molecule is c1ccc(C2(c3ccccc3)c3ccccc3-c3ccc(N(c4ccc(-c5ccc6oc7ccccc7c6c5)cc4)c4cccc5c4-c4ccccc4C54c5ccccc5-c5ccccc54)cc32)cc1. The summed E-state index contributed by atoms with van der Waals surface area (Å²) in [5.74, 6) is 0.